The molecule has 0 aliphatic heterocycles. The Balaban J connectivity index is 1.94. The number of benzene rings is 1. The van der Waals surface area contributed by atoms with Crippen molar-refractivity contribution in [1.29, 1.82) is 0 Å². The Morgan fingerprint density at radius 1 is 1.50 bits per heavy atom. The van der Waals surface area contributed by atoms with E-state index in [1.54, 1.807) is 11.8 Å². The van der Waals surface area contributed by atoms with Gasteiger partial charge in [0.05, 0.1) is 5.52 Å². The highest BCUT2D eigenvalue weighted by Gasteiger charge is 2.12. The highest BCUT2D eigenvalue weighted by molar-refractivity contribution is 7.99. The largest absolute Gasteiger partial charge is 0.350 e. The predicted octanol–water partition coefficient (Wildman–Crippen LogP) is 2.21. The second kappa shape index (κ2) is 6.26. The van der Waals surface area contributed by atoms with Gasteiger partial charge < -0.3 is 5.32 Å². The molecule has 1 amide bonds. The number of para-hydroxylation sites is 1. The number of nitrogens with one attached hydrogen (secondary N) is 2. The third-order valence-electron chi connectivity index (χ3n) is 2.45. The number of aromatic amines is 1. The summed E-state index contributed by atoms with van der Waals surface area (Å²) >= 11 is 1.74. The summed E-state index contributed by atoms with van der Waals surface area (Å²) in [4.78, 5) is 11.9. The summed E-state index contributed by atoms with van der Waals surface area (Å²) in [6, 6.07) is 7.60. The van der Waals surface area contributed by atoms with Gasteiger partial charge in [-0.3, -0.25) is 9.89 Å². The van der Waals surface area contributed by atoms with Gasteiger partial charge in [0.15, 0.2) is 5.69 Å². The normalized spacial score (nSPS) is 10.4. The first-order valence-electron chi connectivity index (χ1n) is 5.73. The molecule has 2 N–H and O–H groups in total. The summed E-state index contributed by atoms with van der Waals surface area (Å²) in [6.07, 6.45) is 1.85. The van der Waals surface area contributed by atoms with Crippen molar-refractivity contribution < 1.29 is 4.79 Å². The second-order valence-corrected chi connectivity index (χ2v) is 4.89. The molecule has 0 atom stereocenters. The molecule has 0 saturated carbocycles. The predicted molar refractivity (Wildman–Crippen MR) is 75.9 cm³/mol. The molecule has 2 aromatic rings. The van der Waals surface area contributed by atoms with E-state index >= 15 is 0 Å². The summed E-state index contributed by atoms with van der Waals surface area (Å²) in [5.74, 6) is 1.65. The summed E-state index contributed by atoms with van der Waals surface area (Å²) in [5.41, 5.74) is 1.34. The van der Waals surface area contributed by atoms with Crippen LogP contribution in [0.1, 0.15) is 10.5 Å². The lowest BCUT2D eigenvalue weighted by Gasteiger charge is -2.02. The zero-order valence-electron chi connectivity index (χ0n) is 9.98. The quantitative estimate of drug-likeness (QED) is 0.619. The zero-order valence-corrected chi connectivity index (χ0v) is 10.8. The first kappa shape index (κ1) is 12.7. The van der Waals surface area contributed by atoms with Gasteiger partial charge in [-0.1, -0.05) is 24.3 Å². The molecule has 0 spiro atoms. The molecule has 94 valence electrons. The van der Waals surface area contributed by atoms with Crippen molar-refractivity contribution in [2.75, 3.05) is 18.1 Å². The van der Waals surface area contributed by atoms with Gasteiger partial charge in [-0.25, -0.2) is 0 Å². The van der Waals surface area contributed by atoms with E-state index in [1.807, 2.05) is 30.3 Å². The Labute approximate surface area is 110 Å². The Morgan fingerprint density at radius 3 is 3.17 bits per heavy atom. The van der Waals surface area contributed by atoms with E-state index in [0.717, 1.165) is 22.4 Å². The maximum atomic E-state index is 11.9. The standard InChI is InChI=1S/C13H15N3OS/c1-2-8-18-9-7-14-13(17)12-10-5-3-4-6-11(10)15-16-12/h2-6H,1,7-9H2,(H,14,17)(H,15,16). The summed E-state index contributed by atoms with van der Waals surface area (Å²) in [5, 5.41) is 10.6. The molecule has 2 rings (SSSR count). The van der Waals surface area contributed by atoms with Crippen LogP contribution in [0.5, 0.6) is 0 Å². The van der Waals surface area contributed by atoms with Crippen LogP contribution in [0.2, 0.25) is 0 Å². The van der Waals surface area contributed by atoms with Crippen LogP contribution in [0.4, 0.5) is 0 Å². The number of thioether (sulfide) groups is 1. The molecule has 0 radical (unpaired) electrons. The number of hydrogen-bond donors (Lipinski definition) is 2. The van der Waals surface area contributed by atoms with Gasteiger partial charge >= 0.3 is 0 Å². The zero-order chi connectivity index (χ0) is 12.8. The van der Waals surface area contributed by atoms with Crippen LogP contribution in [-0.2, 0) is 0 Å². The molecule has 18 heavy (non-hydrogen) atoms. The first-order valence-corrected chi connectivity index (χ1v) is 6.88. The number of hydrogen-bond acceptors (Lipinski definition) is 3. The molecule has 0 fully saturated rings. The molecular formula is C13H15N3OS. The van der Waals surface area contributed by atoms with Gasteiger partial charge in [-0.15, -0.1) is 6.58 Å². The van der Waals surface area contributed by atoms with E-state index in [-0.39, 0.29) is 5.91 Å². The van der Waals surface area contributed by atoms with Crippen LogP contribution in [0, 0.1) is 0 Å². The average Bonchev–Trinajstić information content (AvgIpc) is 2.82. The molecule has 4 nitrogen and oxygen atoms in total. The number of nitrogens with zero attached hydrogens (tertiary/aromatic N) is 1. The van der Waals surface area contributed by atoms with Crippen molar-refractivity contribution in [3.05, 3.63) is 42.6 Å². The highest BCUT2D eigenvalue weighted by Crippen LogP contribution is 2.14. The van der Waals surface area contributed by atoms with Crippen LogP contribution in [0.25, 0.3) is 10.9 Å². The number of carbonyl (C=O) groups is 1. The highest BCUT2D eigenvalue weighted by atomic mass is 32.2. The molecule has 0 saturated heterocycles. The monoisotopic (exact) mass is 261 g/mol. The van der Waals surface area contributed by atoms with Crippen molar-refractivity contribution in [2.24, 2.45) is 0 Å². The minimum atomic E-state index is -0.133. The number of amides is 1. The minimum absolute atomic E-state index is 0.133. The molecule has 5 heteroatoms. The van der Waals surface area contributed by atoms with Gasteiger partial charge in [-0.2, -0.15) is 16.9 Å². The SMILES string of the molecule is C=CCSCCNC(=O)c1n[nH]c2ccccc12. The van der Waals surface area contributed by atoms with Gasteiger partial charge in [0.25, 0.3) is 5.91 Å². The van der Waals surface area contributed by atoms with Gasteiger partial charge in [0, 0.05) is 23.4 Å². The molecule has 1 aromatic heterocycles. The van der Waals surface area contributed by atoms with Crippen molar-refractivity contribution >= 4 is 28.6 Å². The smallest absolute Gasteiger partial charge is 0.272 e. The lowest BCUT2D eigenvalue weighted by atomic mass is 10.2. The average molecular weight is 261 g/mol. The number of carbonyl (C=O) groups excluding carboxylic acids is 1. The van der Waals surface area contributed by atoms with E-state index in [2.05, 4.69) is 22.1 Å². The van der Waals surface area contributed by atoms with Crippen LogP contribution in [0.15, 0.2) is 36.9 Å². The molecular weight excluding hydrogens is 246 g/mol. The summed E-state index contributed by atoms with van der Waals surface area (Å²) < 4.78 is 0. The molecule has 0 unspecified atom stereocenters. The topological polar surface area (TPSA) is 57.8 Å². The second-order valence-electron chi connectivity index (χ2n) is 3.74. The Kier molecular flexibility index (Phi) is 4.41. The van der Waals surface area contributed by atoms with Gasteiger partial charge in [0.1, 0.15) is 0 Å². The first-order chi connectivity index (χ1) is 8.83. The van der Waals surface area contributed by atoms with Crippen molar-refractivity contribution in [3.8, 4) is 0 Å². The fourth-order valence-corrected chi connectivity index (χ4v) is 2.20. The van der Waals surface area contributed by atoms with Crippen molar-refractivity contribution in [2.45, 2.75) is 0 Å². The molecule has 0 aliphatic carbocycles. The van der Waals surface area contributed by atoms with E-state index in [9.17, 15) is 4.79 Å². The van der Waals surface area contributed by atoms with Gasteiger partial charge in [-0.05, 0) is 6.07 Å². The van der Waals surface area contributed by atoms with Crippen LogP contribution in [0.3, 0.4) is 0 Å². The fourth-order valence-electron chi connectivity index (χ4n) is 1.62. The molecule has 1 aromatic carbocycles. The van der Waals surface area contributed by atoms with E-state index in [1.165, 1.54) is 0 Å². The maximum Gasteiger partial charge on any atom is 0.272 e. The van der Waals surface area contributed by atoms with E-state index < -0.39 is 0 Å². The van der Waals surface area contributed by atoms with Crippen molar-refractivity contribution in [3.63, 3.8) is 0 Å². The summed E-state index contributed by atoms with van der Waals surface area (Å²) in [7, 11) is 0. The van der Waals surface area contributed by atoms with Crippen molar-refractivity contribution in [1.82, 2.24) is 15.5 Å². The van der Waals surface area contributed by atoms with Crippen LogP contribution < -0.4 is 5.32 Å². The minimum Gasteiger partial charge on any atom is -0.350 e. The Morgan fingerprint density at radius 2 is 2.33 bits per heavy atom. The number of aromatic nitrogens is 2. The lowest BCUT2D eigenvalue weighted by molar-refractivity contribution is 0.0953. The van der Waals surface area contributed by atoms with E-state index in [0.29, 0.717) is 12.2 Å². The number of fused-ring (bicyclic) bond motifs is 1. The molecule has 1 heterocycles. The lowest BCUT2D eigenvalue weighted by Crippen LogP contribution is -2.26. The number of rotatable bonds is 6. The Hall–Kier alpha value is -1.75. The summed E-state index contributed by atoms with van der Waals surface area (Å²) in [6.45, 7) is 4.28. The third-order valence-corrected chi connectivity index (χ3v) is 3.42. The fraction of sp³-hybridized carbons (Fsp3) is 0.231. The van der Waals surface area contributed by atoms with E-state index in [4.69, 9.17) is 0 Å². The van der Waals surface area contributed by atoms with Gasteiger partial charge in [0.2, 0.25) is 0 Å². The third kappa shape index (κ3) is 2.92. The van der Waals surface area contributed by atoms with Crippen LogP contribution in [-0.4, -0.2) is 34.2 Å². The number of H-pyrrole nitrogens is 1. The Bertz CT molecular complexity index is 550. The maximum absolute atomic E-state index is 11.9. The molecule has 0 aliphatic rings. The van der Waals surface area contributed by atoms with Crippen LogP contribution >= 0.6 is 11.8 Å². The molecule has 0 bridgehead atoms.